The molecule has 3 nitrogen and oxygen atoms in total. The number of nitrogens with zero attached hydrogens (tertiary/aromatic N) is 1. The summed E-state index contributed by atoms with van der Waals surface area (Å²) in [5, 5.41) is 13.9. The van der Waals surface area contributed by atoms with Crippen LogP contribution in [0.5, 0.6) is 0 Å². The molecule has 0 aromatic heterocycles. The molecule has 2 aromatic carbocycles. The largest absolute Gasteiger partial charge is 0.269 e. The lowest BCUT2D eigenvalue weighted by Crippen LogP contribution is -2.56. The molecule has 0 atom stereocenters. The maximum atomic E-state index is 10.8. The van der Waals surface area contributed by atoms with Crippen LogP contribution in [0.25, 0.3) is 11.1 Å². The van der Waals surface area contributed by atoms with Crippen LogP contribution >= 0.6 is 0 Å². The van der Waals surface area contributed by atoms with Crippen molar-refractivity contribution in [2.24, 2.45) is 0 Å². The second-order valence-electron chi connectivity index (χ2n) is 8.06. The van der Waals surface area contributed by atoms with Crippen molar-refractivity contribution in [3.63, 3.8) is 0 Å². The van der Waals surface area contributed by atoms with E-state index in [0.29, 0.717) is 0 Å². The fourth-order valence-corrected chi connectivity index (χ4v) is 7.97. The van der Waals surface area contributed by atoms with Crippen LogP contribution in [-0.2, 0) is 0 Å². The van der Waals surface area contributed by atoms with Crippen LogP contribution < -0.4 is 10.4 Å². The topological polar surface area (TPSA) is 43.1 Å². The zero-order valence-corrected chi connectivity index (χ0v) is 16.8. The van der Waals surface area contributed by atoms with Crippen molar-refractivity contribution in [2.75, 3.05) is 0 Å². The zero-order chi connectivity index (χ0) is 17.4. The molecule has 0 radical (unpaired) electrons. The Morgan fingerprint density at radius 2 is 1.22 bits per heavy atom. The minimum atomic E-state index is -1.45. The summed E-state index contributed by atoms with van der Waals surface area (Å²) in [6.07, 6.45) is 0. The van der Waals surface area contributed by atoms with Gasteiger partial charge in [0.05, 0.1) is 21.1 Å². The van der Waals surface area contributed by atoms with E-state index < -0.39 is 16.1 Å². The predicted molar refractivity (Wildman–Crippen MR) is 104 cm³/mol. The Morgan fingerprint density at radius 1 is 0.739 bits per heavy atom. The summed E-state index contributed by atoms with van der Waals surface area (Å²) in [5.74, 6) is 0. The van der Waals surface area contributed by atoms with E-state index in [1.165, 1.54) is 5.19 Å². The van der Waals surface area contributed by atoms with Gasteiger partial charge >= 0.3 is 0 Å². The Balaban J connectivity index is 2.55. The number of nitro benzene ring substituents is 1. The lowest BCUT2D eigenvalue weighted by atomic mass is 10.1. The summed E-state index contributed by atoms with van der Waals surface area (Å²) >= 11 is 0. The Kier molecular flexibility index (Phi) is 4.64. The molecule has 0 fully saturated rings. The van der Waals surface area contributed by atoms with E-state index in [1.807, 2.05) is 12.1 Å². The molecule has 0 bridgehead atoms. The highest BCUT2D eigenvalue weighted by Gasteiger charge is 2.27. The molecule has 0 unspecified atom stereocenters. The SMILES string of the molecule is C[Si](C)(C)c1ccc(-c2ccc([N+](=O)[O-])cc2)cc1[Si](C)(C)C. The fourth-order valence-electron chi connectivity index (χ4n) is 2.77. The van der Waals surface area contributed by atoms with Crippen molar-refractivity contribution in [3.8, 4) is 11.1 Å². The van der Waals surface area contributed by atoms with Gasteiger partial charge in [-0.3, -0.25) is 10.1 Å². The maximum absolute atomic E-state index is 10.8. The van der Waals surface area contributed by atoms with Crippen molar-refractivity contribution in [2.45, 2.75) is 39.3 Å². The van der Waals surface area contributed by atoms with Crippen molar-refractivity contribution in [1.29, 1.82) is 0 Å². The van der Waals surface area contributed by atoms with Crippen LogP contribution in [0.1, 0.15) is 0 Å². The van der Waals surface area contributed by atoms with Gasteiger partial charge in [0, 0.05) is 12.1 Å². The van der Waals surface area contributed by atoms with E-state index in [-0.39, 0.29) is 10.6 Å². The van der Waals surface area contributed by atoms with Crippen LogP contribution in [0.2, 0.25) is 39.3 Å². The third-order valence-corrected chi connectivity index (χ3v) is 8.38. The summed E-state index contributed by atoms with van der Waals surface area (Å²) < 4.78 is 0. The third-order valence-electron chi connectivity index (χ3n) is 4.05. The molecule has 5 heteroatoms. The number of nitro groups is 1. The number of non-ortho nitro benzene ring substituents is 1. The van der Waals surface area contributed by atoms with E-state index in [1.54, 1.807) is 17.3 Å². The van der Waals surface area contributed by atoms with E-state index in [0.717, 1.165) is 11.1 Å². The first-order valence-electron chi connectivity index (χ1n) is 7.90. The monoisotopic (exact) mass is 343 g/mol. The van der Waals surface area contributed by atoms with E-state index in [2.05, 4.69) is 57.5 Å². The van der Waals surface area contributed by atoms with Crippen molar-refractivity contribution in [3.05, 3.63) is 52.6 Å². The quantitative estimate of drug-likeness (QED) is 0.470. The number of benzene rings is 2. The van der Waals surface area contributed by atoms with E-state index in [9.17, 15) is 10.1 Å². The molecule has 0 spiro atoms. The van der Waals surface area contributed by atoms with Crippen LogP contribution in [-0.4, -0.2) is 21.1 Å². The Hall–Kier alpha value is -1.73. The molecule has 0 aliphatic carbocycles. The molecule has 2 aromatic rings. The molecule has 0 N–H and O–H groups in total. The van der Waals surface area contributed by atoms with E-state index in [4.69, 9.17) is 0 Å². The van der Waals surface area contributed by atoms with Crippen LogP contribution in [0, 0.1) is 10.1 Å². The molecule has 2 rings (SSSR count). The van der Waals surface area contributed by atoms with Crippen molar-refractivity contribution >= 4 is 32.2 Å². The lowest BCUT2D eigenvalue weighted by Gasteiger charge is -2.28. The molecule has 0 heterocycles. The van der Waals surface area contributed by atoms with Gasteiger partial charge in [0.1, 0.15) is 0 Å². The van der Waals surface area contributed by atoms with Crippen molar-refractivity contribution < 1.29 is 4.92 Å². The highest BCUT2D eigenvalue weighted by molar-refractivity contribution is 6.98. The number of hydrogen-bond donors (Lipinski definition) is 0. The molecular weight excluding hydrogens is 318 g/mol. The molecule has 0 aliphatic rings. The van der Waals surface area contributed by atoms with Gasteiger partial charge in [-0.15, -0.1) is 0 Å². The van der Waals surface area contributed by atoms with Gasteiger partial charge in [0.2, 0.25) is 0 Å². The standard InChI is InChI=1S/C18H25NO2Si2/c1-22(2,3)17-12-9-15(13-18(17)23(4,5)6)14-7-10-16(11-8-14)19(20)21/h7-13H,1-6H3. The van der Waals surface area contributed by atoms with Gasteiger partial charge < -0.3 is 0 Å². The minimum Gasteiger partial charge on any atom is -0.258 e. The average molecular weight is 344 g/mol. The summed E-state index contributed by atoms with van der Waals surface area (Å²) in [6.45, 7) is 14.3. The van der Waals surface area contributed by atoms with Crippen LogP contribution in [0.3, 0.4) is 0 Å². The second-order valence-corrected chi connectivity index (χ2v) is 18.1. The number of hydrogen-bond acceptors (Lipinski definition) is 2. The van der Waals surface area contributed by atoms with Crippen molar-refractivity contribution in [1.82, 2.24) is 0 Å². The molecular formula is C18H25NO2Si2. The molecule has 0 saturated carbocycles. The summed E-state index contributed by atoms with van der Waals surface area (Å²) in [4.78, 5) is 10.4. The number of rotatable bonds is 4. The van der Waals surface area contributed by atoms with Crippen LogP contribution in [0.4, 0.5) is 5.69 Å². The normalized spacial score (nSPS) is 12.3. The average Bonchev–Trinajstić information content (AvgIpc) is 2.45. The fraction of sp³-hybridized carbons (Fsp3) is 0.333. The highest BCUT2D eigenvalue weighted by Crippen LogP contribution is 2.22. The Bertz CT molecular complexity index is 726. The minimum absolute atomic E-state index is 0.137. The van der Waals surface area contributed by atoms with Gasteiger partial charge in [-0.05, 0) is 23.3 Å². The van der Waals surface area contributed by atoms with Gasteiger partial charge in [-0.1, -0.05) is 67.9 Å². The van der Waals surface area contributed by atoms with Gasteiger partial charge in [0.15, 0.2) is 0 Å². The zero-order valence-electron chi connectivity index (χ0n) is 14.8. The van der Waals surface area contributed by atoms with Gasteiger partial charge in [0.25, 0.3) is 5.69 Å². The van der Waals surface area contributed by atoms with Crippen LogP contribution in [0.15, 0.2) is 42.5 Å². The third kappa shape index (κ3) is 3.97. The molecule has 0 aliphatic heterocycles. The van der Waals surface area contributed by atoms with Gasteiger partial charge in [-0.2, -0.15) is 0 Å². The predicted octanol–water partition coefficient (Wildman–Crippen LogP) is 4.35. The molecule has 122 valence electrons. The maximum Gasteiger partial charge on any atom is 0.269 e. The first kappa shape index (κ1) is 17.6. The summed E-state index contributed by atoms with van der Waals surface area (Å²) in [7, 11) is -2.84. The summed E-state index contributed by atoms with van der Waals surface area (Å²) in [6, 6.07) is 13.6. The Morgan fingerprint density at radius 3 is 1.65 bits per heavy atom. The highest BCUT2D eigenvalue weighted by atomic mass is 28.3. The second kappa shape index (κ2) is 6.05. The summed E-state index contributed by atoms with van der Waals surface area (Å²) in [5.41, 5.74) is 2.33. The first-order chi connectivity index (χ1) is 10.5. The molecule has 0 saturated heterocycles. The van der Waals surface area contributed by atoms with E-state index >= 15 is 0 Å². The molecule has 23 heavy (non-hydrogen) atoms. The lowest BCUT2D eigenvalue weighted by molar-refractivity contribution is -0.384. The Labute approximate surface area is 140 Å². The smallest absolute Gasteiger partial charge is 0.258 e. The molecule has 0 amide bonds. The van der Waals surface area contributed by atoms with Gasteiger partial charge in [-0.25, -0.2) is 0 Å². The first-order valence-corrected chi connectivity index (χ1v) is 14.9.